The molecule has 1 amide bonds. The summed E-state index contributed by atoms with van der Waals surface area (Å²) < 4.78 is 5.52. The number of nitro groups is 1. The minimum absolute atomic E-state index is 0.148. The van der Waals surface area contributed by atoms with Crippen molar-refractivity contribution in [1.82, 2.24) is 5.43 Å². The number of hydrogen-bond acceptors (Lipinski definition) is 6. The molecule has 0 bridgehead atoms. The van der Waals surface area contributed by atoms with Gasteiger partial charge in [0.1, 0.15) is 5.58 Å². The van der Waals surface area contributed by atoms with Crippen LogP contribution in [0.25, 0.3) is 11.0 Å². The molecular formula is C17H13N3O5. The number of nitro benzene ring substituents is 1. The third-order valence-corrected chi connectivity index (χ3v) is 3.63. The summed E-state index contributed by atoms with van der Waals surface area (Å²) in [5.41, 5.74) is 3.53. The summed E-state index contributed by atoms with van der Waals surface area (Å²) in [5.74, 6) is -0.822. The van der Waals surface area contributed by atoms with Crippen LogP contribution in [0.3, 0.4) is 0 Å². The van der Waals surface area contributed by atoms with Crippen molar-refractivity contribution in [3.8, 4) is 5.75 Å². The highest BCUT2D eigenvalue weighted by molar-refractivity contribution is 5.99. The molecule has 1 aromatic heterocycles. The molecule has 0 saturated carbocycles. The Bertz CT molecular complexity index is 1010. The first-order chi connectivity index (χ1) is 12.0. The number of para-hydroxylation sites is 1. The number of aromatic hydroxyl groups is 1. The van der Waals surface area contributed by atoms with E-state index in [0.717, 1.165) is 11.5 Å². The van der Waals surface area contributed by atoms with Crippen molar-refractivity contribution in [2.75, 3.05) is 0 Å². The van der Waals surface area contributed by atoms with Gasteiger partial charge >= 0.3 is 11.6 Å². The van der Waals surface area contributed by atoms with Crippen molar-refractivity contribution in [2.24, 2.45) is 5.10 Å². The van der Waals surface area contributed by atoms with Gasteiger partial charge in [0.2, 0.25) is 0 Å². The maximum atomic E-state index is 12.2. The van der Waals surface area contributed by atoms with E-state index in [2.05, 4.69) is 10.5 Å². The fourth-order valence-corrected chi connectivity index (χ4v) is 2.37. The Morgan fingerprint density at radius 1 is 1.32 bits per heavy atom. The lowest BCUT2D eigenvalue weighted by Crippen LogP contribution is -2.17. The van der Waals surface area contributed by atoms with E-state index in [1.54, 1.807) is 13.0 Å². The fourth-order valence-electron chi connectivity index (χ4n) is 2.37. The van der Waals surface area contributed by atoms with Crippen molar-refractivity contribution >= 4 is 28.8 Å². The number of aryl methyl sites for hydroxylation is 1. The monoisotopic (exact) mass is 339 g/mol. The zero-order valence-electron chi connectivity index (χ0n) is 13.1. The minimum atomic E-state index is -0.705. The number of benzene rings is 2. The molecule has 25 heavy (non-hydrogen) atoms. The molecule has 0 aliphatic rings. The number of rotatable bonds is 4. The second-order valence-electron chi connectivity index (χ2n) is 5.26. The maximum absolute atomic E-state index is 12.2. The molecule has 0 aliphatic heterocycles. The van der Waals surface area contributed by atoms with E-state index in [0.29, 0.717) is 16.7 Å². The van der Waals surface area contributed by atoms with Gasteiger partial charge in [0.25, 0.3) is 0 Å². The number of nitrogens with one attached hydrogen (secondary N) is 1. The predicted molar refractivity (Wildman–Crippen MR) is 90.8 cm³/mol. The molecule has 0 atom stereocenters. The lowest BCUT2D eigenvalue weighted by atomic mass is 10.1. The first kappa shape index (κ1) is 16.2. The molecule has 0 aliphatic carbocycles. The van der Waals surface area contributed by atoms with Gasteiger partial charge in [0.05, 0.1) is 11.1 Å². The third-order valence-electron chi connectivity index (χ3n) is 3.63. The van der Waals surface area contributed by atoms with Crippen molar-refractivity contribution in [3.05, 3.63) is 69.5 Å². The van der Waals surface area contributed by atoms with Gasteiger partial charge in [-0.1, -0.05) is 18.2 Å². The fraction of sp³-hybridized carbons (Fsp3) is 0.0588. The number of carbonyl (C=O) groups excluding carboxylic acids is 1. The summed E-state index contributed by atoms with van der Waals surface area (Å²) in [6, 6.07) is 11.0. The van der Waals surface area contributed by atoms with Gasteiger partial charge in [0, 0.05) is 22.6 Å². The van der Waals surface area contributed by atoms with Crippen LogP contribution in [-0.4, -0.2) is 22.2 Å². The SMILES string of the molecule is Cc1c(C(=O)N/N=C\c2ccc(O)c([N+](=O)[O-])c2)oc2ccccc12. The quantitative estimate of drug-likeness (QED) is 0.430. The number of hydrazone groups is 1. The molecule has 0 radical (unpaired) electrons. The average molecular weight is 339 g/mol. The Morgan fingerprint density at radius 2 is 2.08 bits per heavy atom. The van der Waals surface area contributed by atoms with Crippen LogP contribution in [0.2, 0.25) is 0 Å². The molecular weight excluding hydrogens is 326 g/mol. The van der Waals surface area contributed by atoms with Gasteiger partial charge < -0.3 is 9.52 Å². The molecule has 0 fully saturated rings. The first-order valence-corrected chi connectivity index (χ1v) is 7.26. The molecule has 2 N–H and O–H groups in total. The normalized spacial score (nSPS) is 11.1. The Hall–Kier alpha value is -3.68. The highest BCUT2D eigenvalue weighted by Crippen LogP contribution is 2.26. The number of carbonyl (C=O) groups is 1. The lowest BCUT2D eigenvalue weighted by molar-refractivity contribution is -0.385. The predicted octanol–water partition coefficient (Wildman–Crippen LogP) is 3.12. The second-order valence-corrected chi connectivity index (χ2v) is 5.26. The summed E-state index contributed by atoms with van der Waals surface area (Å²) in [5, 5.41) is 24.8. The van der Waals surface area contributed by atoms with E-state index < -0.39 is 22.3 Å². The third kappa shape index (κ3) is 3.18. The van der Waals surface area contributed by atoms with Crippen molar-refractivity contribution < 1.29 is 19.2 Å². The molecule has 1 heterocycles. The van der Waals surface area contributed by atoms with Crippen molar-refractivity contribution in [2.45, 2.75) is 6.92 Å². The zero-order chi connectivity index (χ0) is 18.0. The lowest BCUT2D eigenvalue weighted by Gasteiger charge is -1.99. The van der Waals surface area contributed by atoms with Crippen LogP contribution in [0, 0.1) is 17.0 Å². The van der Waals surface area contributed by atoms with Crippen LogP contribution < -0.4 is 5.43 Å². The van der Waals surface area contributed by atoms with E-state index in [9.17, 15) is 20.0 Å². The molecule has 8 nitrogen and oxygen atoms in total. The molecule has 2 aromatic carbocycles. The number of nitrogens with zero attached hydrogens (tertiary/aromatic N) is 2. The van der Waals surface area contributed by atoms with Gasteiger partial charge in [-0.2, -0.15) is 5.10 Å². The molecule has 0 saturated heterocycles. The topological polar surface area (TPSA) is 118 Å². The number of fused-ring (bicyclic) bond motifs is 1. The van der Waals surface area contributed by atoms with E-state index in [4.69, 9.17) is 4.42 Å². The van der Waals surface area contributed by atoms with Crippen LogP contribution in [0.4, 0.5) is 5.69 Å². The molecule has 3 aromatic rings. The van der Waals surface area contributed by atoms with Gasteiger partial charge in [-0.15, -0.1) is 0 Å². The van der Waals surface area contributed by atoms with Crippen LogP contribution in [-0.2, 0) is 0 Å². The van der Waals surface area contributed by atoms with E-state index in [1.807, 2.05) is 18.2 Å². The standard InChI is InChI=1S/C17H13N3O5/c1-10-12-4-2-3-5-15(12)25-16(10)17(22)19-18-9-11-6-7-14(21)13(8-11)20(23)24/h2-9,21H,1H3,(H,19,22)/b18-9-. The largest absolute Gasteiger partial charge is 0.502 e. The molecule has 0 unspecified atom stereocenters. The number of phenols is 1. The minimum Gasteiger partial charge on any atom is -0.502 e. The Kier molecular flexibility index (Phi) is 4.17. The number of furan rings is 1. The molecule has 126 valence electrons. The van der Waals surface area contributed by atoms with Crippen molar-refractivity contribution in [1.29, 1.82) is 0 Å². The van der Waals surface area contributed by atoms with Gasteiger partial charge in [-0.05, 0) is 25.1 Å². The van der Waals surface area contributed by atoms with Crippen LogP contribution in [0.15, 0.2) is 52.0 Å². The summed E-state index contributed by atoms with van der Waals surface area (Å²) >= 11 is 0. The Morgan fingerprint density at radius 3 is 2.80 bits per heavy atom. The highest BCUT2D eigenvalue weighted by atomic mass is 16.6. The number of amides is 1. The smallest absolute Gasteiger partial charge is 0.311 e. The molecule has 0 spiro atoms. The Labute approximate surface area is 141 Å². The van der Waals surface area contributed by atoms with Gasteiger partial charge in [-0.3, -0.25) is 14.9 Å². The van der Waals surface area contributed by atoms with Crippen LogP contribution in [0.5, 0.6) is 5.75 Å². The Balaban J connectivity index is 1.77. The van der Waals surface area contributed by atoms with Crippen molar-refractivity contribution in [3.63, 3.8) is 0 Å². The first-order valence-electron chi connectivity index (χ1n) is 7.26. The summed E-state index contributed by atoms with van der Waals surface area (Å²) in [7, 11) is 0. The zero-order valence-corrected chi connectivity index (χ0v) is 13.1. The summed E-state index contributed by atoms with van der Waals surface area (Å²) in [6.45, 7) is 1.77. The maximum Gasteiger partial charge on any atom is 0.311 e. The average Bonchev–Trinajstić information content (AvgIpc) is 2.93. The van der Waals surface area contributed by atoms with Gasteiger partial charge in [0.15, 0.2) is 11.5 Å². The van der Waals surface area contributed by atoms with Crippen LogP contribution >= 0.6 is 0 Å². The van der Waals surface area contributed by atoms with E-state index in [1.165, 1.54) is 18.3 Å². The highest BCUT2D eigenvalue weighted by Gasteiger charge is 2.17. The number of phenolic OH excluding ortho intramolecular Hbond substituents is 1. The molecule has 8 heteroatoms. The molecule has 3 rings (SSSR count). The summed E-state index contributed by atoms with van der Waals surface area (Å²) in [6.07, 6.45) is 1.24. The summed E-state index contributed by atoms with van der Waals surface area (Å²) in [4.78, 5) is 22.3. The van der Waals surface area contributed by atoms with E-state index in [-0.39, 0.29) is 5.76 Å². The second kappa shape index (κ2) is 6.44. The number of hydrogen-bond donors (Lipinski definition) is 2. The van der Waals surface area contributed by atoms with Crippen LogP contribution in [0.1, 0.15) is 21.7 Å². The van der Waals surface area contributed by atoms with Gasteiger partial charge in [-0.25, -0.2) is 5.43 Å². The van der Waals surface area contributed by atoms with E-state index >= 15 is 0 Å².